The van der Waals surface area contributed by atoms with Crippen molar-refractivity contribution < 1.29 is 4.79 Å². The Morgan fingerprint density at radius 2 is 2.23 bits per heavy atom. The van der Waals surface area contributed by atoms with Gasteiger partial charge in [0.2, 0.25) is 5.91 Å². The highest BCUT2D eigenvalue weighted by atomic mass is 16.1. The van der Waals surface area contributed by atoms with Gasteiger partial charge in [-0.1, -0.05) is 13.8 Å². The van der Waals surface area contributed by atoms with Gasteiger partial charge in [0.25, 0.3) is 0 Å². The van der Waals surface area contributed by atoms with Crippen LogP contribution in [0.1, 0.15) is 26.7 Å². The van der Waals surface area contributed by atoms with Gasteiger partial charge in [0, 0.05) is 13.0 Å². The second-order valence-electron chi connectivity index (χ2n) is 3.89. The summed E-state index contributed by atoms with van der Waals surface area (Å²) < 4.78 is 0. The van der Waals surface area contributed by atoms with E-state index in [1.54, 1.807) is 0 Å². The summed E-state index contributed by atoms with van der Waals surface area (Å²) in [7, 11) is 0. The molecule has 3 N–H and O–H groups in total. The highest BCUT2D eigenvalue weighted by molar-refractivity contribution is 5.75. The number of nitrogens with zero attached hydrogens (tertiary/aromatic N) is 1. The lowest BCUT2D eigenvalue weighted by molar-refractivity contribution is -0.117. The van der Waals surface area contributed by atoms with E-state index in [9.17, 15) is 4.79 Å². The van der Waals surface area contributed by atoms with E-state index in [0.717, 1.165) is 6.42 Å². The Morgan fingerprint density at radius 3 is 2.69 bits per heavy atom. The second-order valence-corrected chi connectivity index (χ2v) is 3.89. The third kappa shape index (κ3) is 7.29. The number of rotatable bonds is 6. The third-order valence-corrected chi connectivity index (χ3v) is 1.82. The zero-order valence-corrected chi connectivity index (χ0v) is 8.26. The average molecular weight is 183 g/mol. The molecule has 0 saturated carbocycles. The molecule has 0 heterocycles. The van der Waals surface area contributed by atoms with Gasteiger partial charge in [-0.05, 0) is 11.8 Å². The molecule has 0 radical (unpaired) electrons. The van der Waals surface area contributed by atoms with E-state index < -0.39 is 0 Å². The van der Waals surface area contributed by atoms with Crippen molar-refractivity contribution in [2.75, 3.05) is 13.1 Å². The Balaban J connectivity index is 3.63. The Bertz CT molecular complexity index is 205. The van der Waals surface area contributed by atoms with Crippen LogP contribution in [-0.4, -0.2) is 19.0 Å². The average Bonchev–Trinajstić information content (AvgIpc) is 2.00. The molecule has 0 fully saturated rings. The minimum atomic E-state index is -0.351. The molecule has 4 heteroatoms. The van der Waals surface area contributed by atoms with Gasteiger partial charge in [-0.2, -0.15) is 5.26 Å². The topological polar surface area (TPSA) is 78.9 Å². The van der Waals surface area contributed by atoms with Crippen molar-refractivity contribution >= 4 is 5.91 Å². The largest absolute Gasteiger partial charge is 0.369 e. The summed E-state index contributed by atoms with van der Waals surface area (Å²) in [4.78, 5) is 10.4. The van der Waals surface area contributed by atoms with Crippen molar-refractivity contribution in [3.8, 4) is 6.07 Å². The van der Waals surface area contributed by atoms with Crippen LogP contribution in [0, 0.1) is 16.7 Å². The molecule has 0 aromatic carbocycles. The van der Waals surface area contributed by atoms with Gasteiger partial charge in [0.1, 0.15) is 0 Å². The minimum absolute atomic E-state index is 0.0468. The Kier molecular flexibility index (Phi) is 5.09. The highest BCUT2D eigenvalue weighted by Crippen LogP contribution is 2.20. The molecular formula is C9H17N3O. The Hall–Kier alpha value is -1.08. The van der Waals surface area contributed by atoms with Crippen molar-refractivity contribution in [1.82, 2.24) is 5.32 Å². The quantitative estimate of drug-likeness (QED) is 0.625. The lowest BCUT2D eigenvalue weighted by atomic mass is 9.88. The maximum absolute atomic E-state index is 10.4. The molecule has 0 aromatic rings. The number of hydrogen-bond donors (Lipinski definition) is 2. The van der Waals surface area contributed by atoms with Crippen LogP contribution in [0.4, 0.5) is 0 Å². The number of carbonyl (C=O) groups is 1. The molecule has 13 heavy (non-hydrogen) atoms. The normalized spacial score (nSPS) is 10.8. The molecule has 0 aliphatic carbocycles. The van der Waals surface area contributed by atoms with Gasteiger partial charge < -0.3 is 11.1 Å². The second kappa shape index (κ2) is 5.55. The van der Waals surface area contributed by atoms with Crippen LogP contribution >= 0.6 is 0 Å². The maximum Gasteiger partial charge on any atom is 0.231 e. The molecule has 0 spiro atoms. The minimum Gasteiger partial charge on any atom is -0.369 e. The molecule has 74 valence electrons. The number of nitrogens with one attached hydrogen (secondary N) is 1. The van der Waals surface area contributed by atoms with E-state index in [1.165, 1.54) is 0 Å². The number of nitriles is 1. The smallest absolute Gasteiger partial charge is 0.231 e. The monoisotopic (exact) mass is 183 g/mol. The van der Waals surface area contributed by atoms with Crippen molar-refractivity contribution in [3.05, 3.63) is 0 Å². The van der Waals surface area contributed by atoms with Crippen molar-refractivity contribution in [2.45, 2.75) is 26.7 Å². The summed E-state index contributed by atoms with van der Waals surface area (Å²) in [6.07, 6.45) is 1.38. The molecule has 0 aromatic heterocycles. The lowest BCUT2D eigenvalue weighted by Gasteiger charge is -2.23. The standard InChI is InChI=1S/C9H17N3O/c1-9(2,4-3-5-10)7-12-6-8(11)13/h12H,3-4,6-7H2,1-2H3,(H2,11,13). The van der Waals surface area contributed by atoms with Gasteiger partial charge >= 0.3 is 0 Å². The number of primary amides is 1. The molecule has 0 aliphatic heterocycles. The molecule has 1 amide bonds. The summed E-state index contributed by atoms with van der Waals surface area (Å²) in [6, 6.07) is 2.10. The molecule has 0 atom stereocenters. The first-order chi connectivity index (χ1) is 5.98. The summed E-state index contributed by atoms with van der Waals surface area (Å²) in [6.45, 7) is 5.02. The first kappa shape index (κ1) is 11.9. The van der Waals surface area contributed by atoms with E-state index in [-0.39, 0.29) is 17.9 Å². The van der Waals surface area contributed by atoms with Crippen LogP contribution in [0.25, 0.3) is 0 Å². The lowest BCUT2D eigenvalue weighted by Crippen LogP contribution is -2.35. The van der Waals surface area contributed by atoms with Gasteiger partial charge in [0.15, 0.2) is 0 Å². The van der Waals surface area contributed by atoms with E-state index >= 15 is 0 Å². The molecule has 0 bridgehead atoms. The maximum atomic E-state index is 10.4. The zero-order valence-electron chi connectivity index (χ0n) is 8.26. The van der Waals surface area contributed by atoms with Crippen molar-refractivity contribution in [3.63, 3.8) is 0 Å². The fourth-order valence-electron chi connectivity index (χ4n) is 1.01. The van der Waals surface area contributed by atoms with E-state index in [2.05, 4.69) is 25.2 Å². The van der Waals surface area contributed by atoms with Crippen LogP contribution in [0.5, 0.6) is 0 Å². The summed E-state index contributed by atoms with van der Waals surface area (Å²) in [5.74, 6) is -0.351. The number of hydrogen-bond acceptors (Lipinski definition) is 3. The van der Waals surface area contributed by atoms with Crippen LogP contribution < -0.4 is 11.1 Å². The van der Waals surface area contributed by atoms with Gasteiger partial charge in [-0.15, -0.1) is 0 Å². The highest BCUT2D eigenvalue weighted by Gasteiger charge is 2.16. The third-order valence-electron chi connectivity index (χ3n) is 1.82. The number of nitrogens with two attached hydrogens (primary N) is 1. The molecule has 0 rings (SSSR count). The Morgan fingerprint density at radius 1 is 1.62 bits per heavy atom. The first-order valence-corrected chi connectivity index (χ1v) is 4.34. The fourth-order valence-corrected chi connectivity index (χ4v) is 1.01. The van der Waals surface area contributed by atoms with Gasteiger partial charge in [-0.3, -0.25) is 4.79 Å². The van der Waals surface area contributed by atoms with E-state index in [4.69, 9.17) is 11.0 Å². The summed E-state index contributed by atoms with van der Waals surface area (Å²) >= 11 is 0. The van der Waals surface area contributed by atoms with Crippen LogP contribution in [0.15, 0.2) is 0 Å². The molecule has 4 nitrogen and oxygen atoms in total. The Labute approximate surface area is 79.1 Å². The molecule has 0 aliphatic rings. The fraction of sp³-hybridized carbons (Fsp3) is 0.778. The summed E-state index contributed by atoms with van der Waals surface area (Å²) in [5, 5.41) is 11.3. The molecule has 0 saturated heterocycles. The number of amides is 1. The van der Waals surface area contributed by atoms with Crippen molar-refractivity contribution in [1.29, 1.82) is 5.26 Å². The predicted molar refractivity (Wildman–Crippen MR) is 50.7 cm³/mol. The van der Waals surface area contributed by atoms with Gasteiger partial charge in [0.05, 0.1) is 12.6 Å². The van der Waals surface area contributed by atoms with Crippen LogP contribution in [0.2, 0.25) is 0 Å². The van der Waals surface area contributed by atoms with Gasteiger partial charge in [-0.25, -0.2) is 0 Å². The molecular weight excluding hydrogens is 166 g/mol. The van der Waals surface area contributed by atoms with Crippen LogP contribution in [-0.2, 0) is 4.79 Å². The first-order valence-electron chi connectivity index (χ1n) is 4.34. The zero-order chi connectivity index (χ0) is 10.3. The SMILES string of the molecule is CC(C)(CCC#N)CNCC(N)=O. The van der Waals surface area contributed by atoms with Crippen molar-refractivity contribution in [2.24, 2.45) is 11.1 Å². The van der Waals surface area contributed by atoms with E-state index in [1.807, 2.05) is 0 Å². The van der Waals surface area contributed by atoms with E-state index in [0.29, 0.717) is 13.0 Å². The number of carbonyl (C=O) groups excluding carboxylic acids is 1. The summed E-state index contributed by atoms with van der Waals surface area (Å²) in [5.41, 5.74) is 5.01. The molecule has 0 unspecified atom stereocenters. The predicted octanol–water partition coefficient (Wildman–Crippen LogP) is 0.391. The van der Waals surface area contributed by atoms with Crippen LogP contribution in [0.3, 0.4) is 0 Å².